The maximum absolute atomic E-state index is 6.16. The van der Waals surface area contributed by atoms with Crippen LogP contribution < -0.4 is 5.32 Å². The molecule has 3 heteroatoms. The van der Waals surface area contributed by atoms with Crippen LogP contribution in [0.5, 0.6) is 0 Å². The molecule has 94 valence electrons. The van der Waals surface area contributed by atoms with Crippen LogP contribution in [0, 0.1) is 5.92 Å². The van der Waals surface area contributed by atoms with Crippen molar-refractivity contribution in [3.63, 3.8) is 0 Å². The summed E-state index contributed by atoms with van der Waals surface area (Å²) in [5.41, 5.74) is 1.23. The maximum Gasteiger partial charge on any atom is 0.0621 e. The Morgan fingerprint density at radius 2 is 2.35 bits per heavy atom. The number of halogens is 1. The van der Waals surface area contributed by atoms with Crippen molar-refractivity contribution < 1.29 is 0 Å². The van der Waals surface area contributed by atoms with Crippen LogP contribution in [0.1, 0.15) is 38.2 Å². The predicted molar refractivity (Wildman–Crippen MR) is 72.4 cm³/mol. The molecule has 1 heterocycles. The zero-order chi connectivity index (χ0) is 12.1. The summed E-state index contributed by atoms with van der Waals surface area (Å²) in [4.78, 5) is 4.03. The van der Waals surface area contributed by atoms with Gasteiger partial charge >= 0.3 is 0 Å². The second-order valence-corrected chi connectivity index (χ2v) is 5.42. The molecule has 0 bridgehead atoms. The summed E-state index contributed by atoms with van der Waals surface area (Å²) in [6.45, 7) is 3.37. The van der Waals surface area contributed by atoms with Crippen molar-refractivity contribution in [1.29, 1.82) is 0 Å². The Balaban J connectivity index is 1.88. The second kappa shape index (κ2) is 6.36. The van der Waals surface area contributed by atoms with Gasteiger partial charge in [-0.3, -0.25) is 4.98 Å². The highest BCUT2D eigenvalue weighted by Crippen LogP contribution is 2.22. The van der Waals surface area contributed by atoms with Crippen LogP contribution in [-0.2, 0) is 6.42 Å². The van der Waals surface area contributed by atoms with Crippen LogP contribution in [-0.4, -0.2) is 17.6 Å². The van der Waals surface area contributed by atoms with E-state index >= 15 is 0 Å². The summed E-state index contributed by atoms with van der Waals surface area (Å²) in [7, 11) is 0. The summed E-state index contributed by atoms with van der Waals surface area (Å²) in [5.74, 6) is 0.695. The lowest BCUT2D eigenvalue weighted by molar-refractivity contribution is 0.437. The van der Waals surface area contributed by atoms with Gasteiger partial charge in [0.1, 0.15) is 0 Å². The third kappa shape index (κ3) is 4.29. The van der Waals surface area contributed by atoms with Crippen LogP contribution in [0.2, 0.25) is 5.02 Å². The monoisotopic (exact) mass is 252 g/mol. The normalized spacial score (nSPS) is 17.1. The van der Waals surface area contributed by atoms with Gasteiger partial charge in [0.25, 0.3) is 0 Å². The molecule has 17 heavy (non-hydrogen) atoms. The lowest BCUT2D eigenvalue weighted by atomic mass is 9.95. The highest BCUT2D eigenvalue weighted by atomic mass is 35.5. The topological polar surface area (TPSA) is 24.9 Å². The summed E-state index contributed by atoms with van der Waals surface area (Å²) in [6, 6.07) is 2.84. The molecule has 0 amide bonds. The number of pyridine rings is 1. The molecule has 2 rings (SSSR count). The molecule has 1 saturated carbocycles. The average molecular weight is 253 g/mol. The number of hydrogen-bond donors (Lipinski definition) is 1. The molecule has 1 aromatic heterocycles. The van der Waals surface area contributed by atoms with Gasteiger partial charge in [0.15, 0.2) is 0 Å². The molecule has 0 spiro atoms. The first-order chi connectivity index (χ1) is 8.29. The third-order valence-corrected chi connectivity index (χ3v) is 3.67. The Labute approximate surface area is 109 Å². The highest BCUT2D eigenvalue weighted by Gasteiger charge is 2.22. The lowest BCUT2D eigenvalue weighted by Crippen LogP contribution is -2.26. The van der Waals surface area contributed by atoms with Gasteiger partial charge in [-0.05, 0) is 49.8 Å². The van der Waals surface area contributed by atoms with Gasteiger partial charge in [-0.25, -0.2) is 0 Å². The van der Waals surface area contributed by atoms with E-state index in [-0.39, 0.29) is 0 Å². The lowest BCUT2D eigenvalue weighted by Gasteiger charge is -2.17. The van der Waals surface area contributed by atoms with E-state index in [1.54, 1.807) is 6.20 Å². The fourth-order valence-corrected chi connectivity index (χ4v) is 2.38. The molecule has 1 aliphatic carbocycles. The van der Waals surface area contributed by atoms with Gasteiger partial charge in [-0.2, -0.15) is 0 Å². The quantitative estimate of drug-likeness (QED) is 0.804. The molecule has 1 aliphatic rings. The van der Waals surface area contributed by atoms with Crippen LogP contribution in [0.15, 0.2) is 18.5 Å². The first kappa shape index (κ1) is 12.8. The molecular weight excluding hydrogens is 232 g/mol. The van der Waals surface area contributed by atoms with E-state index in [1.165, 1.54) is 31.2 Å². The molecule has 1 atom stereocenters. The van der Waals surface area contributed by atoms with Crippen molar-refractivity contribution in [2.75, 3.05) is 6.54 Å². The Kier molecular flexibility index (Phi) is 4.81. The van der Waals surface area contributed by atoms with Gasteiger partial charge in [-0.1, -0.05) is 24.9 Å². The van der Waals surface area contributed by atoms with Crippen LogP contribution in [0.4, 0.5) is 0 Å². The van der Waals surface area contributed by atoms with Crippen LogP contribution >= 0.6 is 11.6 Å². The number of rotatable bonds is 7. The Bertz CT molecular complexity index is 350. The van der Waals surface area contributed by atoms with Gasteiger partial charge < -0.3 is 5.32 Å². The highest BCUT2D eigenvalue weighted by molar-refractivity contribution is 6.31. The average Bonchev–Trinajstić information content (AvgIpc) is 3.13. The number of nitrogens with one attached hydrogen (secondary N) is 1. The Morgan fingerprint density at radius 3 is 3.00 bits per heavy atom. The smallest absolute Gasteiger partial charge is 0.0621 e. The van der Waals surface area contributed by atoms with E-state index in [0.29, 0.717) is 5.92 Å². The van der Waals surface area contributed by atoms with Gasteiger partial charge in [0.05, 0.1) is 5.02 Å². The van der Waals surface area contributed by atoms with Crippen molar-refractivity contribution in [3.8, 4) is 0 Å². The van der Waals surface area contributed by atoms with E-state index in [4.69, 9.17) is 11.6 Å². The molecule has 1 aromatic rings. The predicted octanol–water partition coefficient (Wildman–Crippen LogP) is 3.45. The summed E-state index contributed by atoms with van der Waals surface area (Å²) in [5, 5.41) is 4.43. The van der Waals surface area contributed by atoms with Crippen LogP contribution in [0.3, 0.4) is 0 Å². The van der Waals surface area contributed by atoms with E-state index in [0.717, 1.165) is 24.0 Å². The molecule has 1 N–H and O–H groups in total. The minimum atomic E-state index is 0.695. The maximum atomic E-state index is 6.16. The summed E-state index contributed by atoms with van der Waals surface area (Å²) in [6.07, 6.45) is 9.85. The van der Waals surface area contributed by atoms with E-state index in [9.17, 15) is 0 Å². The largest absolute Gasteiger partial charge is 0.314 e. The zero-order valence-corrected chi connectivity index (χ0v) is 11.2. The fraction of sp³-hybridized carbons (Fsp3) is 0.643. The third-order valence-electron chi connectivity index (χ3n) is 3.33. The van der Waals surface area contributed by atoms with Gasteiger partial charge in [0, 0.05) is 18.4 Å². The first-order valence-electron chi connectivity index (χ1n) is 6.61. The number of aromatic nitrogens is 1. The summed E-state index contributed by atoms with van der Waals surface area (Å²) < 4.78 is 0. The van der Waals surface area contributed by atoms with Gasteiger partial charge in [0.2, 0.25) is 0 Å². The number of nitrogens with zero attached hydrogens (tertiary/aromatic N) is 1. The molecule has 0 aromatic carbocycles. The molecule has 0 saturated heterocycles. The fourth-order valence-electron chi connectivity index (χ4n) is 2.19. The molecule has 1 unspecified atom stereocenters. The summed E-state index contributed by atoms with van der Waals surface area (Å²) >= 11 is 6.16. The molecule has 0 aliphatic heterocycles. The van der Waals surface area contributed by atoms with Crippen molar-refractivity contribution in [2.45, 2.75) is 45.1 Å². The molecule has 0 radical (unpaired) electrons. The second-order valence-electron chi connectivity index (χ2n) is 5.01. The van der Waals surface area contributed by atoms with E-state index < -0.39 is 0 Å². The minimum Gasteiger partial charge on any atom is -0.314 e. The Hall–Kier alpha value is -0.600. The Morgan fingerprint density at radius 1 is 1.53 bits per heavy atom. The zero-order valence-electron chi connectivity index (χ0n) is 10.5. The van der Waals surface area contributed by atoms with Crippen molar-refractivity contribution >= 4 is 11.6 Å². The van der Waals surface area contributed by atoms with Crippen molar-refractivity contribution in [2.24, 2.45) is 5.92 Å². The first-order valence-corrected chi connectivity index (χ1v) is 6.99. The van der Waals surface area contributed by atoms with Crippen LogP contribution in [0.25, 0.3) is 0 Å². The SMILES string of the molecule is CCCC(CNC1CC1)Cc1ccncc1Cl. The van der Waals surface area contributed by atoms with E-state index in [1.807, 2.05) is 12.3 Å². The number of hydrogen-bond acceptors (Lipinski definition) is 2. The van der Waals surface area contributed by atoms with E-state index in [2.05, 4.69) is 17.2 Å². The van der Waals surface area contributed by atoms with Crippen molar-refractivity contribution in [3.05, 3.63) is 29.0 Å². The van der Waals surface area contributed by atoms with Crippen molar-refractivity contribution in [1.82, 2.24) is 10.3 Å². The molecule has 1 fully saturated rings. The minimum absolute atomic E-state index is 0.695. The van der Waals surface area contributed by atoms with Gasteiger partial charge in [-0.15, -0.1) is 0 Å². The molecule has 2 nitrogen and oxygen atoms in total. The molecular formula is C14H21ClN2. The standard InChI is InChI=1S/C14H21ClN2/c1-2-3-11(9-17-13-4-5-13)8-12-6-7-16-10-14(12)15/h6-7,10-11,13,17H,2-5,8-9H2,1H3.